The highest BCUT2D eigenvalue weighted by Gasteiger charge is 2.30. The molecule has 0 spiro atoms. The van der Waals surface area contributed by atoms with Crippen molar-refractivity contribution in [1.29, 1.82) is 0 Å². The molecule has 0 aliphatic carbocycles. The summed E-state index contributed by atoms with van der Waals surface area (Å²) in [6.45, 7) is 5.62. The summed E-state index contributed by atoms with van der Waals surface area (Å²) in [6.07, 6.45) is 4.00. The molecule has 1 saturated heterocycles. The highest BCUT2D eigenvalue weighted by molar-refractivity contribution is 6.42. The van der Waals surface area contributed by atoms with E-state index in [1.54, 1.807) is 0 Å². The lowest BCUT2D eigenvalue weighted by Gasteiger charge is -2.25. The number of rotatable bonds is 4. The number of aryl methyl sites for hydroxylation is 2. The maximum absolute atomic E-state index is 6.19. The number of likely N-dealkylation sites (tertiary alicyclic amines) is 1. The van der Waals surface area contributed by atoms with Crippen LogP contribution >= 0.6 is 23.2 Å². The van der Waals surface area contributed by atoms with Crippen LogP contribution in [-0.2, 0) is 6.54 Å². The second kappa shape index (κ2) is 7.58. The van der Waals surface area contributed by atoms with Gasteiger partial charge in [-0.25, -0.2) is 9.97 Å². The van der Waals surface area contributed by atoms with Gasteiger partial charge in [-0.15, -0.1) is 0 Å². The van der Waals surface area contributed by atoms with E-state index >= 15 is 0 Å². The molecule has 7 heteroatoms. The molecule has 1 unspecified atom stereocenters. The van der Waals surface area contributed by atoms with Gasteiger partial charge in [-0.1, -0.05) is 34.4 Å². The highest BCUT2D eigenvalue weighted by Crippen LogP contribution is 2.37. The fourth-order valence-corrected chi connectivity index (χ4v) is 3.94. The van der Waals surface area contributed by atoms with Gasteiger partial charge in [0.2, 0.25) is 0 Å². The molecule has 1 aliphatic rings. The topological polar surface area (TPSA) is 55.1 Å². The first-order valence-corrected chi connectivity index (χ1v) is 9.72. The van der Waals surface area contributed by atoms with E-state index in [9.17, 15) is 0 Å². The van der Waals surface area contributed by atoms with Crippen LogP contribution in [0, 0.1) is 13.8 Å². The van der Waals surface area contributed by atoms with E-state index in [1.807, 2.05) is 44.3 Å². The lowest BCUT2D eigenvalue weighted by Crippen LogP contribution is -2.24. The van der Waals surface area contributed by atoms with E-state index in [1.165, 1.54) is 0 Å². The smallest absolute Gasteiger partial charge is 0.170 e. The number of hydrogen-bond acceptors (Lipinski definition) is 5. The number of hydrogen-bond donors (Lipinski definition) is 0. The van der Waals surface area contributed by atoms with E-state index in [0.29, 0.717) is 15.8 Å². The van der Waals surface area contributed by atoms with Gasteiger partial charge in [0.05, 0.1) is 33.0 Å². The molecule has 140 valence electrons. The van der Waals surface area contributed by atoms with Crippen molar-refractivity contribution < 1.29 is 4.52 Å². The fourth-order valence-electron chi connectivity index (χ4n) is 3.62. The maximum atomic E-state index is 6.19. The standard InChI is InChI=1S/C20H20Cl2N4O/c1-12-8-19(27-25-12)15-10-23-13(2)24-20(15)18-4-3-7-26(18)11-14-5-6-16(21)17(22)9-14/h5-6,8-10,18H,3-4,7,11H2,1-2H3. The Morgan fingerprint density at radius 1 is 1.19 bits per heavy atom. The molecule has 1 atom stereocenters. The van der Waals surface area contributed by atoms with Gasteiger partial charge in [-0.3, -0.25) is 4.90 Å². The zero-order valence-electron chi connectivity index (χ0n) is 15.2. The van der Waals surface area contributed by atoms with Gasteiger partial charge >= 0.3 is 0 Å². The van der Waals surface area contributed by atoms with E-state index in [-0.39, 0.29) is 6.04 Å². The van der Waals surface area contributed by atoms with Crippen LogP contribution in [0.25, 0.3) is 11.3 Å². The Balaban J connectivity index is 1.67. The molecule has 0 bridgehead atoms. The van der Waals surface area contributed by atoms with E-state index in [4.69, 9.17) is 32.7 Å². The molecule has 3 heterocycles. The molecular weight excluding hydrogens is 383 g/mol. The molecule has 2 aromatic heterocycles. The molecule has 0 N–H and O–H groups in total. The van der Waals surface area contributed by atoms with Gasteiger partial charge in [-0.2, -0.15) is 0 Å². The van der Waals surface area contributed by atoms with Crippen molar-refractivity contribution in [1.82, 2.24) is 20.0 Å². The van der Waals surface area contributed by atoms with Gasteiger partial charge < -0.3 is 4.52 Å². The van der Waals surface area contributed by atoms with E-state index < -0.39 is 0 Å². The normalized spacial score (nSPS) is 17.6. The average Bonchev–Trinajstić information content (AvgIpc) is 3.27. The van der Waals surface area contributed by atoms with Crippen LogP contribution in [0.1, 0.15) is 41.7 Å². The summed E-state index contributed by atoms with van der Waals surface area (Å²) in [5.41, 5.74) is 3.89. The Morgan fingerprint density at radius 2 is 2.04 bits per heavy atom. The van der Waals surface area contributed by atoms with Crippen molar-refractivity contribution in [2.45, 2.75) is 39.3 Å². The first kappa shape index (κ1) is 18.4. The molecular formula is C20H20Cl2N4O. The predicted molar refractivity (Wildman–Crippen MR) is 106 cm³/mol. The fraction of sp³-hybridized carbons (Fsp3) is 0.350. The average molecular weight is 403 g/mol. The SMILES string of the molecule is Cc1cc(-c2cnc(C)nc2C2CCCN2Cc2ccc(Cl)c(Cl)c2)on1. The summed E-state index contributed by atoms with van der Waals surface area (Å²) in [5.74, 6) is 1.47. The second-order valence-electron chi connectivity index (χ2n) is 6.93. The minimum Gasteiger partial charge on any atom is -0.356 e. The lowest BCUT2D eigenvalue weighted by atomic mass is 10.0. The minimum absolute atomic E-state index is 0.196. The molecule has 1 fully saturated rings. The monoisotopic (exact) mass is 402 g/mol. The van der Waals surface area contributed by atoms with E-state index in [0.717, 1.165) is 54.3 Å². The third kappa shape index (κ3) is 3.86. The predicted octanol–water partition coefficient (Wildman–Crippen LogP) is 5.39. The van der Waals surface area contributed by atoms with Gasteiger partial charge in [0.15, 0.2) is 5.76 Å². The van der Waals surface area contributed by atoms with Crippen molar-refractivity contribution in [2.24, 2.45) is 0 Å². The van der Waals surface area contributed by atoms with Crippen LogP contribution in [0.15, 0.2) is 35.0 Å². The number of aromatic nitrogens is 3. The number of nitrogens with zero attached hydrogens (tertiary/aromatic N) is 4. The largest absolute Gasteiger partial charge is 0.356 e. The third-order valence-corrected chi connectivity index (χ3v) is 5.62. The Morgan fingerprint density at radius 3 is 2.78 bits per heavy atom. The van der Waals surface area contributed by atoms with Crippen molar-refractivity contribution >= 4 is 23.2 Å². The summed E-state index contributed by atoms with van der Waals surface area (Å²) in [4.78, 5) is 11.6. The first-order valence-electron chi connectivity index (χ1n) is 8.96. The lowest BCUT2D eigenvalue weighted by molar-refractivity contribution is 0.244. The molecule has 1 aliphatic heterocycles. The van der Waals surface area contributed by atoms with Crippen LogP contribution in [-0.4, -0.2) is 26.6 Å². The molecule has 0 radical (unpaired) electrons. The molecule has 0 amide bonds. The third-order valence-electron chi connectivity index (χ3n) is 4.88. The second-order valence-corrected chi connectivity index (χ2v) is 7.74. The maximum Gasteiger partial charge on any atom is 0.170 e. The van der Waals surface area contributed by atoms with Crippen LogP contribution in [0.3, 0.4) is 0 Å². The highest BCUT2D eigenvalue weighted by atomic mass is 35.5. The Kier molecular flexibility index (Phi) is 5.17. The van der Waals surface area contributed by atoms with Crippen molar-refractivity contribution in [2.75, 3.05) is 6.54 Å². The van der Waals surface area contributed by atoms with Crippen LogP contribution in [0.5, 0.6) is 0 Å². The zero-order chi connectivity index (χ0) is 19.0. The van der Waals surface area contributed by atoms with E-state index in [2.05, 4.69) is 15.0 Å². The summed E-state index contributed by atoms with van der Waals surface area (Å²) in [6, 6.07) is 7.93. The molecule has 3 aromatic rings. The Hall–Kier alpha value is -1.95. The minimum atomic E-state index is 0.196. The van der Waals surface area contributed by atoms with Crippen LogP contribution < -0.4 is 0 Å². The summed E-state index contributed by atoms with van der Waals surface area (Å²) < 4.78 is 5.49. The first-order chi connectivity index (χ1) is 13.0. The van der Waals surface area contributed by atoms with Gasteiger partial charge in [-0.05, 0) is 50.9 Å². The van der Waals surface area contributed by atoms with Gasteiger partial charge in [0.1, 0.15) is 5.82 Å². The van der Waals surface area contributed by atoms with Crippen molar-refractivity contribution in [3.63, 3.8) is 0 Å². The molecule has 5 nitrogen and oxygen atoms in total. The Labute approximate surface area is 168 Å². The Bertz CT molecular complexity index is 972. The van der Waals surface area contributed by atoms with Gasteiger partial charge in [0, 0.05) is 18.8 Å². The van der Waals surface area contributed by atoms with Gasteiger partial charge in [0.25, 0.3) is 0 Å². The summed E-state index contributed by atoms with van der Waals surface area (Å²) in [5, 5.41) is 5.18. The molecule has 4 rings (SSSR count). The van der Waals surface area contributed by atoms with Crippen molar-refractivity contribution in [3.05, 3.63) is 63.3 Å². The molecule has 0 saturated carbocycles. The zero-order valence-corrected chi connectivity index (χ0v) is 16.8. The quantitative estimate of drug-likeness (QED) is 0.585. The van der Waals surface area contributed by atoms with Crippen molar-refractivity contribution in [3.8, 4) is 11.3 Å². The summed E-state index contributed by atoms with van der Waals surface area (Å²) in [7, 11) is 0. The summed E-state index contributed by atoms with van der Waals surface area (Å²) >= 11 is 12.2. The molecule has 1 aromatic carbocycles. The molecule has 27 heavy (non-hydrogen) atoms. The van der Waals surface area contributed by atoms with Crippen LogP contribution in [0.2, 0.25) is 10.0 Å². The van der Waals surface area contributed by atoms with Crippen LogP contribution in [0.4, 0.5) is 0 Å². The number of halogens is 2. The number of benzene rings is 1.